The van der Waals surface area contributed by atoms with Gasteiger partial charge in [-0.05, 0) is 38.0 Å². The summed E-state index contributed by atoms with van der Waals surface area (Å²) in [4.78, 5) is 0. The molecule has 3 nitrogen and oxygen atoms in total. The van der Waals surface area contributed by atoms with Gasteiger partial charge in [0, 0.05) is 13.2 Å². The second-order valence-corrected chi connectivity index (χ2v) is 6.04. The van der Waals surface area contributed by atoms with Crippen LogP contribution in [-0.4, -0.2) is 37.5 Å². The molecule has 0 radical (unpaired) electrons. The third kappa shape index (κ3) is 2.38. The van der Waals surface area contributed by atoms with Gasteiger partial charge in [-0.15, -0.1) is 0 Å². The van der Waals surface area contributed by atoms with Crippen molar-refractivity contribution < 1.29 is 9.47 Å². The van der Waals surface area contributed by atoms with Gasteiger partial charge < -0.3 is 14.8 Å². The first-order valence-corrected chi connectivity index (χ1v) is 7.30. The predicted octanol–water partition coefficient (Wildman–Crippen LogP) is 2.10. The summed E-state index contributed by atoms with van der Waals surface area (Å²) >= 11 is 0. The molecule has 2 unspecified atom stereocenters. The molecule has 3 aliphatic rings. The van der Waals surface area contributed by atoms with E-state index in [9.17, 15) is 0 Å². The molecule has 1 saturated carbocycles. The van der Waals surface area contributed by atoms with Gasteiger partial charge in [0.1, 0.15) is 0 Å². The molecule has 2 atom stereocenters. The van der Waals surface area contributed by atoms with Gasteiger partial charge in [-0.1, -0.05) is 13.3 Å². The van der Waals surface area contributed by atoms with Crippen molar-refractivity contribution in [2.24, 2.45) is 5.92 Å². The van der Waals surface area contributed by atoms with E-state index in [4.69, 9.17) is 9.47 Å². The third-order valence-electron chi connectivity index (χ3n) is 4.97. The molecule has 1 spiro atoms. The second kappa shape index (κ2) is 4.87. The molecule has 98 valence electrons. The smallest absolute Gasteiger partial charge is 0.0811 e. The fourth-order valence-corrected chi connectivity index (χ4v) is 3.64. The van der Waals surface area contributed by atoms with E-state index in [1.54, 1.807) is 0 Å². The summed E-state index contributed by atoms with van der Waals surface area (Å²) in [5.74, 6) is 0.941. The van der Waals surface area contributed by atoms with Gasteiger partial charge >= 0.3 is 0 Å². The van der Waals surface area contributed by atoms with Gasteiger partial charge in [0.25, 0.3) is 0 Å². The maximum Gasteiger partial charge on any atom is 0.0811 e. The summed E-state index contributed by atoms with van der Waals surface area (Å²) in [6.07, 6.45) is 8.01. The maximum absolute atomic E-state index is 6.47. The molecule has 17 heavy (non-hydrogen) atoms. The van der Waals surface area contributed by atoms with E-state index in [0.717, 1.165) is 32.1 Å². The van der Waals surface area contributed by atoms with Gasteiger partial charge in [0.2, 0.25) is 0 Å². The van der Waals surface area contributed by atoms with Crippen molar-refractivity contribution in [2.45, 2.75) is 63.2 Å². The second-order valence-electron chi connectivity index (χ2n) is 6.04. The van der Waals surface area contributed by atoms with Crippen LogP contribution in [0.2, 0.25) is 0 Å². The number of ether oxygens (including phenoxy) is 2. The lowest BCUT2D eigenvalue weighted by molar-refractivity contribution is -0.182. The van der Waals surface area contributed by atoms with Crippen LogP contribution in [0.4, 0.5) is 0 Å². The molecule has 0 aromatic rings. The number of rotatable bonds is 1. The van der Waals surface area contributed by atoms with Crippen LogP contribution in [0.1, 0.15) is 45.4 Å². The standard InChI is InChI=1S/C14H25NO2/c1-2-11-3-6-14(7-4-11)10-15-12-9-16-8-5-13(12)17-14/h11-13,15H,2-10H2,1H3. The Kier molecular flexibility index (Phi) is 3.42. The molecule has 1 N–H and O–H groups in total. The Hall–Kier alpha value is -0.120. The SMILES string of the molecule is CCC1CCC2(CC1)CNC1COCCC1O2. The molecule has 2 aliphatic heterocycles. The fourth-order valence-electron chi connectivity index (χ4n) is 3.64. The van der Waals surface area contributed by atoms with Crippen molar-refractivity contribution in [3.8, 4) is 0 Å². The van der Waals surface area contributed by atoms with Crippen molar-refractivity contribution in [2.75, 3.05) is 19.8 Å². The summed E-state index contributed by atoms with van der Waals surface area (Å²) in [6, 6.07) is 0.443. The van der Waals surface area contributed by atoms with E-state index >= 15 is 0 Å². The van der Waals surface area contributed by atoms with E-state index in [1.807, 2.05) is 0 Å². The minimum absolute atomic E-state index is 0.157. The van der Waals surface area contributed by atoms with Crippen molar-refractivity contribution in [3.05, 3.63) is 0 Å². The highest BCUT2D eigenvalue weighted by Crippen LogP contribution is 2.39. The van der Waals surface area contributed by atoms with Crippen LogP contribution in [0.15, 0.2) is 0 Å². The van der Waals surface area contributed by atoms with E-state index in [0.29, 0.717) is 12.1 Å². The molecular weight excluding hydrogens is 214 g/mol. The lowest BCUT2D eigenvalue weighted by Gasteiger charge is -2.50. The van der Waals surface area contributed by atoms with Crippen molar-refractivity contribution >= 4 is 0 Å². The molecule has 3 heteroatoms. The van der Waals surface area contributed by atoms with Gasteiger partial charge in [-0.2, -0.15) is 0 Å². The summed E-state index contributed by atoms with van der Waals surface area (Å²) in [5.41, 5.74) is 0.157. The molecular formula is C14H25NO2. The summed E-state index contributed by atoms with van der Waals surface area (Å²) in [6.45, 7) is 5.06. The van der Waals surface area contributed by atoms with Crippen molar-refractivity contribution in [1.82, 2.24) is 5.32 Å². The minimum Gasteiger partial charge on any atom is -0.380 e. The quantitative estimate of drug-likeness (QED) is 0.760. The predicted molar refractivity (Wildman–Crippen MR) is 67.1 cm³/mol. The van der Waals surface area contributed by atoms with Crippen LogP contribution in [0.25, 0.3) is 0 Å². The first kappa shape index (κ1) is 11.9. The average molecular weight is 239 g/mol. The number of hydrogen-bond acceptors (Lipinski definition) is 3. The Morgan fingerprint density at radius 3 is 2.82 bits per heavy atom. The summed E-state index contributed by atoms with van der Waals surface area (Å²) in [5, 5.41) is 3.66. The molecule has 0 aromatic heterocycles. The molecule has 0 bridgehead atoms. The monoisotopic (exact) mass is 239 g/mol. The summed E-state index contributed by atoms with van der Waals surface area (Å²) in [7, 11) is 0. The molecule has 3 fully saturated rings. The van der Waals surface area contributed by atoms with Crippen molar-refractivity contribution in [1.29, 1.82) is 0 Å². The van der Waals surface area contributed by atoms with Gasteiger partial charge in [-0.25, -0.2) is 0 Å². The van der Waals surface area contributed by atoms with E-state index in [1.165, 1.54) is 32.1 Å². The van der Waals surface area contributed by atoms with Crippen LogP contribution in [0.5, 0.6) is 0 Å². The number of hydrogen-bond donors (Lipinski definition) is 1. The van der Waals surface area contributed by atoms with Crippen LogP contribution in [0, 0.1) is 5.92 Å². The van der Waals surface area contributed by atoms with Crippen LogP contribution in [0.3, 0.4) is 0 Å². The number of morpholine rings is 1. The van der Waals surface area contributed by atoms with Crippen LogP contribution < -0.4 is 5.32 Å². The van der Waals surface area contributed by atoms with E-state index in [2.05, 4.69) is 12.2 Å². The third-order valence-corrected chi connectivity index (χ3v) is 4.97. The first-order valence-electron chi connectivity index (χ1n) is 7.30. The zero-order valence-electron chi connectivity index (χ0n) is 10.9. The van der Waals surface area contributed by atoms with Crippen molar-refractivity contribution in [3.63, 3.8) is 0 Å². The summed E-state index contributed by atoms with van der Waals surface area (Å²) < 4.78 is 12.0. The Morgan fingerprint density at radius 1 is 1.24 bits per heavy atom. The highest BCUT2D eigenvalue weighted by molar-refractivity contribution is 4.97. The Morgan fingerprint density at radius 2 is 2.06 bits per heavy atom. The molecule has 3 rings (SSSR count). The largest absolute Gasteiger partial charge is 0.380 e. The highest BCUT2D eigenvalue weighted by Gasteiger charge is 2.44. The number of fused-ring (bicyclic) bond motifs is 1. The van der Waals surface area contributed by atoms with Gasteiger partial charge in [-0.3, -0.25) is 0 Å². The molecule has 2 saturated heterocycles. The Labute approximate surface area is 104 Å². The van der Waals surface area contributed by atoms with E-state index < -0.39 is 0 Å². The fraction of sp³-hybridized carbons (Fsp3) is 1.00. The zero-order valence-corrected chi connectivity index (χ0v) is 10.9. The molecule has 0 amide bonds. The van der Waals surface area contributed by atoms with Crippen LogP contribution in [-0.2, 0) is 9.47 Å². The van der Waals surface area contributed by atoms with Gasteiger partial charge in [0.15, 0.2) is 0 Å². The zero-order chi connectivity index (χ0) is 11.7. The highest BCUT2D eigenvalue weighted by atomic mass is 16.5. The van der Waals surface area contributed by atoms with E-state index in [-0.39, 0.29) is 5.60 Å². The molecule has 1 aliphatic carbocycles. The van der Waals surface area contributed by atoms with Gasteiger partial charge in [0.05, 0.1) is 24.4 Å². The van der Waals surface area contributed by atoms with Crippen LogP contribution >= 0.6 is 0 Å². The number of nitrogens with one attached hydrogen (secondary N) is 1. The topological polar surface area (TPSA) is 30.5 Å². The average Bonchev–Trinajstić information content (AvgIpc) is 2.40. The minimum atomic E-state index is 0.157. The molecule has 2 heterocycles. The normalized spacial score (nSPS) is 46.8. The molecule has 0 aromatic carbocycles. The maximum atomic E-state index is 6.47. The Balaban J connectivity index is 1.61. The lowest BCUT2D eigenvalue weighted by Crippen LogP contribution is -2.62. The Bertz CT molecular complexity index is 255. The lowest BCUT2D eigenvalue weighted by atomic mass is 9.76. The first-order chi connectivity index (χ1) is 8.31.